The number of carboxylic acids is 1. The summed E-state index contributed by atoms with van der Waals surface area (Å²) in [4.78, 5) is 36.6. The molecule has 0 bridgehead atoms. The van der Waals surface area contributed by atoms with Crippen LogP contribution in [0, 0.1) is 17.3 Å². The van der Waals surface area contributed by atoms with E-state index >= 15 is 0 Å². The number of primary amides is 1. The van der Waals surface area contributed by atoms with Gasteiger partial charge in [0.15, 0.2) is 0 Å². The van der Waals surface area contributed by atoms with Gasteiger partial charge in [0.2, 0.25) is 11.8 Å². The minimum atomic E-state index is -4.33. The van der Waals surface area contributed by atoms with Crippen LogP contribution in [0.5, 0.6) is 0 Å². The summed E-state index contributed by atoms with van der Waals surface area (Å²) in [5, 5.41) is 23.5. The molecule has 0 fully saturated rings. The van der Waals surface area contributed by atoms with Gasteiger partial charge in [-0.15, -0.1) is 0 Å². The molecular formula is C26H44N4O7S. The quantitative estimate of drug-likeness (QED) is 0.203. The Kier molecular flexibility index (Phi) is 11.9. The molecule has 0 radical (unpaired) electrons. The van der Waals surface area contributed by atoms with Gasteiger partial charge in [-0.3, -0.25) is 14.4 Å². The number of benzene rings is 1. The van der Waals surface area contributed by atoms with Gasteiger partial charge in [-0.2, -0.15) is 17.4 Å². The lowest BCUT2D eigenvalue weighted by Gasteiger charge is -2.34. The molecule has 1 aromatic carbocycles. The highest BCUT2D eigenvalue weighted by Crippen LogP contribution is 2.26. The van der Waals surface area contributed by atoms with Crippen molar-refractivity contribution in [1.82, 2.24) is 14.3 Å². The molecule has 0 aromatic heterocycles. The zero-order valence-corrected chi connectivity index (χ0v) is 24.2. The number of carboxylic acid groups (broad SMARTS) is 1. The zero-order valence-electron chi connectivity index (χ0n) is 23.4. The van der Waals surface area contributed by atoms with E-state index in [0.717, 1.165) is 9.87 Å². The Morgan fingerprint density at radius 1 is 1.05 bits per heavy atom. The van der Waals surface area contributed by atoms with Crippen molar-refractivity contribution >= 4 is 28.0 Å². The monoisotopic (exact) mass is 556 g/mol. The van der Waals surface area contributed by atoms with E-state index in [1.807, 2.05) is 32.0 Å². The predicted molar refractivity (Wildman–Crippen MR) is 145 cm³/mol. The van der Waals surface area contributed by atoms with Crippen LogP contribution in [0.1, 0.15) is 60.5 Å². The van der Waals surface area contributed by atoms with Gasteiger partial charge >= 0.3 is 5.97 Å². The van der Waals surface area contributed by atoms with Crippen LogP contribution in [0.25, 0.3) is 0 Å². The maximum Gasteiger partial charge on any atom is 0.324 e. The lowest BCUT2D eigenvalue weighted by atomic mass is 9.78. The molecule has 6 N–H and O–H groups in total. The number of nitrogens with zero attached hydrogens (tertiary/aromatic N) is 1. The summed E-state index contributed by atoms with van der Waals surface area (Å²) >= 11 is 0. The summed E-state index contributed by atoms with van der Waals surface area (Å²) in [6, 6.07) is 8.13. The molecule has 11 nitrogen and oxygen atoms in total. The number of carbonyl (C=O) groups is 3. The second-order valence-corrected chi connectivity index (χ2v) is 12.9. The van der Waals surface area contributed by atoms with E-state index in [0.29, 0.717) is 6.42 Å². The van der Waals surface area contributed by atoms with Crippen molar-refractivity contribution in [3.63, 3.8) is 0 Å². The predicted octanol–water partition coefficient (Wildman–Crippen LogP) is 1.27. The van der Waals surface area contributed by atoms with Crippen molar-refractivity contribution in [3.8, 4) is 0 Å². The van der Waals surface area contributed by atoms with Crippen molar-refractivity contribution in [3.05, 3.63) is 35.9 Å². The molecule has 0 aliphatic carbocycles. The van der Waals surface area contributed by atoms with E-state index in [1.54, 1.807) is 32.9 Å². The summed E-state index contributed by atoms with van der Waals surface area (Å²) in [7, 11) is -4.33. The molecule has 2 amide bonds. The molecule has 0 aliphatic heterocycles. The summed E-state index contributed by atoms with van der Waals surface area (Å²) in [5.74, 6) is -3.22. The second kappa shape index (κ2) is 13.5. The molecule has 1 aromatic rings. The summed E-state index contributed by atoms with van der Waals surface area (Å²) in [5.41, 5.74) is 3.32. The van der Waals surface area contributed by atoms with Crippen LogP contribution < -0.4 is 15.8 Å². The Labute approximate surface area is 226 Å². The molecular weight excluding hydrogens is 512 g/mol. The topological polar surface area (TPSA) is 179 Å². The van der Waals surface area contributed by atoms with E-state index in [4.69, 9.17) is 5.73 Å². The highest BCUT2D eigenvalue weighted by atomic mass is 32.2. The van der Waals surface area contributed by atoms with Crippen LogP contribution in [-0.2, 0) is 31.0 Å². The standard InChI is InChI=1S/C26H44N4O7S/c1-17(2)13-14-30(38(36,37)29-26(6,7)24(34)35)16-21(31)20(15-19-11-9-8-10-12-19)28-22(32)18(3)25(4,5)23(27)33/h8-12,17-18,20-21,29,31H,13-16H2,1-7H3,(H2,27,33)(H,28,32)(H,34,35). The van der Waals surface area contributed by atoms with E-state index in [2.05, 4.69) is 10.0 Å². The molecule has 0 aliphatic rings. The van der Waals surface area contributed by atoms with Crippen LogP contribution in [0.2, 0.25) is 0 Å². The van der Waals surface area contributed by atoms with E-state index < -0.39 is 63.6 Å². The van der Waals surface area contributed by atoms with Crippen LogP contribution in [0.3, 0.4) is 0 Å². The first kappa shape index (κ1) is 33.5. The fourth-order valence-electron chi connectivity index (χ4n) is 3.48. The summed E-state index contributed by atoms with van der Waals surface area (Å²) < 4.78 is 29.6. The smallest absolute Gasteiger partial charge is 0.324 e. The first-order chi connectivity index (χ1) is 17.3. The molecule has 1 rings (SSSR count). The average Bonchev–Trinajstić information content (AvgIpc) is 2.79. The van der Waals surface area contributed by atoms with Gasteiger partial charge < -0.3 is 21.3 Å². The fourth-order valence-corrected chi connectivity index (χ4v) is 5.03. The van der Waals surface area contributed by atoms with Crippen LogP contribution in [0.15, 0.2) is 30.3 Å². The molecule has 12 heteroatoms. The molecule has 3 unspecified atom stereocenters. The molecule has 0 heterocycles. The molecule has 0 spiro atoms. The minimum absolute atomic E-state index is 0.0247. The average molecular weight is 557 g/mol. The third-order valence-corrected chi connectivity index (χ3v) is 8.59. The Morgan fingerprint density at radius 2 is 1.61 bits per heavy atom. The molecule has 0 saturated heterocycles. The lowest BCUT2D eigenvalue weighted by molar-refractivity contribution is -0.142. The van der Waals surface area contributed by atoms with E-state index in [-0.39, 0.29) is 18.9 Å². The number of amides is 2. The molecule has 3 atom stereocenters. The van der Waals surface area contributed by atoms with E-state index in [9.17, 15) is 33.0 Å². The van der Waals surface area contributed by atoms with Gasteiger partial charge in [0, 0.05) is 19.0 Å². The Hall–Kier alpha value is -2.54. The number of nitrogens with two attached hydrogens (primary N) is 1. The maximum absolute atomic E-state index is 13.2. The van der Waals surface area contributed by atoms with Crippen molar-refractivity contribution < 1.29 is 33.0 Å². The number of rotatable bonds is 16. The summed E-state index contributed by atoms with van der Waals surface area (Å²) in [6.07, 6.45) is -0.718. The third-order valence-electron chi connectivity index (χ3n) is 6.81. The largest absolute Gasteiger partial charge is 0.480 e. The number of hydrogen-bond acceptors (Lipinski definition) is 6. The molecule has 38 heavy (non-hydrogen) atoms. The normalized spacial score (nSPS) is 15.2. The van der Waals surface area contributed by atoms with E-state index in [1.165, 1.54) is 13.8 Å². The van der Waals surface area contributed by atoms with Crippen molar-refractivity contribution in [2.75, 3.05) is 13.1 Å². The first-order valence-electron chi connectivity index (χ1n) is 12.7. The van der Waals surface area contributed by atoms with Crippen LogP contribution >= 0.6 is 0 Å². The first-order valence-corrected chi connectivity index (χ1v) is 14.1. The Balaban J connectivity index is 3.31. The van der Waals surface area contributed by atoms with Crippen LogP contribution in [0.4, 0.5) is 0 Å². The van der Waals surface area contributed by atoms with Gasteiger partial charge in [0.25, 0.3) is 10.2 Å². The lowest BCUT2D eigenvalue weighted by Crippen LogP contribution is -2.58. The number of carbonyl (C=O) groups excluding carboxylic acids is 2. The molecule has 216 valence electrons. The highest BCUT2D eigenvalue weighted by Gasteiger charge is 2.39. The van der Waals surface area contributed by atoms with Crippen molar-refractivity contribution in [2.45, 2.75) is 79.0 Å². The number of aliphatic hydroxyl groups excluding tert-OH is 1. The van der Waals surface area contributed by atoms with Crippen molar-refractivity contribution in [1.29, 1.82) is 0 Å². The van der Waals surface area contributed by atoms with Gasteiger partial charge in [0.1, 0.15) is 5.54 Å². The minimum Gasteiger partial charge on any atom is -0.480 e. The van der Waals surface area contributed by atoms with Gasteiger partial charge in [-0.1, -0.05) is 65.0 Å². The van der Waals surface area contributed by atoms with Gasteiger partial charge in [-0.25, -0.2) is 0 Å². The maximum atomic E-state index is 13.2. The van der Waals surface area contributed by atoms with Gasteiger partial charge in [0.05, 0.1) is 17.6 Å². The number of hydrogen-bond donors (Lipinski definition) is 5. The second-order valence-electron chi connectivity index (χ2n) is 11.3. The number of aliphatic carboxylic acids is 1. The third kappa shape index (κ3) is 9.64. The van der Waals surface area contributed by atoms with Crippen molar-refractivity contribution in [2.24, 2.45) is 23.0 Å². The number of nitrogens with one attached hydrogen (secondary N) is 2. The van der Waals surface area contributed by atoms with Gasteiger partial charge in [-0.05, 0) is 38.2 Å². The summed E-state index contributed by atoms with van der Waals surface area (Å²) in [6.45, 7) is 10.6. The molecule has 0 saturated carbocycles. The zero-order chi connectivity index (χ0) is 29.5. The Morgan fingerprint density at radius 3 is 2.08 bits per heavy atom. The van der Waals surface area contributed by atoms with Crippen LogP contribution in [-0.4, -0.2) is 71.5 Å². The number of aliphatic hydroxyl groups is 1. The highest BCUT2D eigenvalue weighted by molar-refractivity contribution is 7.87. The SMILES string of the molecule is CC(C)CCN(CC(O)C(Cc1ccccc1)NC(=O)C(C)C(C)(C)C(N)=O)S(=O)(=O)NC(C)(C)C(=O)O. The fraction of sp³-hybridized carbons (Fsp3) is 0.654. The Bertz CT molecular complexity index is 1060.